The molecule has 0 saturated carbocycles. The van der Waals surface area contributed by atoms with Gasteiger partial charge in [-0.15, -0.1) is 0 Å². The maximum absolute atomic E-state index is 12.5. The van der Waals surface area contributed by atoms with Crippen LogP contribution < -0.4 is 0 Å². The molecule has 2 fully saturated rings. The van der Waals surface area contributed by atoms with E-state index in [9.17, 15) is 4.79 Å². The number of hydrogen-bond donors (Lipinski definition) is 0. The van der Waals surface area contributed by atoms with E-state index in [-0.39, 0.29) is 17.8 Å². The van der Waals surface area contributed by atoms with Gasteiger partial charge in [-0.1, -0.05) is 42.2 Å². The van der Waals surface area contributed by atoms with Crippen LogP contribution in [0, 0.1) is 17.8 Å². The Morgan fingerprint density at radius 2 is 1.67 bits per heavy atom. The summed E-state index contributed by atoms with van der Waals surface area (Å²) < 4.78 is 5.16. The molecule has 2 aromatic rings. The van der Waals surface area contributed by atoms with E-state index >= 15 is 0 Å². The van der Waals surface area contributed by atoms with E-state index in [1.54, 1.807) is 0 Å². The summed E-state index contributed by atoms with van der Waals surface area (Å²) in [6.07, 6.45) is 3.27. The predicted molar refractivity (Wildman–Crippen MR) is 106 cm³/mol. The maximum atomic E-state index is 12.5. The summed E-state index contributed by atoms with van der Waals surface area (Å²) in [7, 11) is 3.65. The van der Waals surface area contributed by atoms with Gasteiger partial charge in [0.15, 0.2) is 0 Å². The second-order valence-electron chi connectivity index (χ2n) is 7.59. The highest BCUT2D eigenvalue weighted by Gasteiger charge is 2.49. The average Bonchev–Trinajstić information content (AvgIpc) is 2.95. The third-order valence-corrected chi connectivity index (χ3v) is 6.21. The van der Waals surface area contributed by atoms with Gasteiger partial charge in [0.2, 0.25) is 0 Å². The van der Waals surface area contributed by atoms with Crippen molar-refractivity contribution in [2.75, 3.05) is 14.2 Å². The summed E-state index contributed by atoms with van der Waals surface area (Å²) >= 11 is 0. The quantitative estimate of drug-likeness (QED) is 0.603. The zero-order valence-electron chi connectivity index (χ0n) is 15.9. The summed E-state index contributed by atoms with van der Waals surface area (Å²) in [6.45, 7) is 0. The predicted octanol–water partition coefficient (Wildman–Crippen LogP) is 3.83. The highest BCUT2D eigenvalue weighted by atomic mass is 16.5. The fraction of sp³-hybridized carbons (Fsp3) is 0.375. The number of ether oxygens (including phenoxy) is 1. The van der Waals surface area contributed by atoms with Gasteiger partial charge >= 0.3 is 5.97 Å². The van der Waals surface area contributed by atoms with Crippen LogP contribution in [0.5, 0.6) is 0 Å². The Kier molecular flexibility index (Phi) is 5.01. The molecule has 138 valence electrons. The lowest BCUT2D eigenvalue weighted by Crippen LogP contribution is -2.49. The molecule has 2 aliphatic heterocycles. The molecule has 0 aliphatic carbocycles. The van der Waals surface area contributed by atoms with Gasteiger partial charge < -0.3 is 4.74 Å². The number of carbonyl (C=O) groups is 1. The minimum absolute atomic E-state index is 0.0786. The Morgan fingerprint density at radius 1 is 1.00 bits per heavy atom. The van der Waals surface area contributed by atoms with Gasteiger partial charge in [0.25, 0.3) is 0 Å². The van der Waals surface area contributed by atoms with E-state index in [2.05, 4.69) is 48.1 Å². The van der Waals surface area contributed by atoms with Crippen LogP contribution in [0.4, 0.5) is 0 Å². The van der Waals surface area contributed by atoms with Crippen molar-refractivity contribution in [1.82, 2.24) is 4.90 Å². The standard InChI is InChI=1S/C24H25NO2/c1-25-20-14-15-22(25)23(24(26)27-2)21(16-20)19-12-10-18(11-13-19)9-8-17-6-4-3-5-7-17/h3-7,10-13,20-23H,14-16H2,1-2H3/t20?,21-,22-,23?/m1/s1. The highest BCUT2D eigenvalue weighted by molar-refractivity contribution is 5.75. The zero-order valence-corrected chi connectivity index (χ0v) is 15.9. The summed E-state index contributed by atoms with van der Waals surface area (Å²) in [5, 5.41) is 0. The van der Waals surface area contributed by atoms with Gasteiger partial charge in [0, 0.05) is 29.1 Å². The topological polar surface area (TPSA) is 29.5 Å². The fourth-order valence-corrected chi connectivity index (χ4v) is 4.75. The number of nitrogens with zero attached hydrogens (tertiary/aromatic N) is 1. The van der Waals surface area contributed by atoms with Crippen molar-refractivity contribution < 1.29 is 9.53 Å². The van der Waals surface area contributed by atoms with E-state index in [1.165, 1.54) is 19.1 Å². The lowest BCUT2D eigenvalue weighted by molar-refractivity contribution is -0.150. The first kappa shape index (κ1) is 17.8. The minimum Gasteiger partial charge on any atom is -0.469 e. The van der Waals surface area contributed by atoms with Crippen LogP contribution in [0.2, 0.25) is 0 Å². The van der Waals surface area contributed by atoms with Gasteiger partial charge in [-0.05, 0) is 56.1 Å². The smallest absolute Gasteiger partial charge is 0.310 e. The number of esters is 1. The van der Waals surface area contributed by atoms with Crippen LogP contribution in [0.3, 0.4) is 0 Å². The van der Waals surface area contributed by atoms with Crippen molar-refractivity contribution in [2.45, 2.75) is 37.3 Å². The normalized spacial score (nSPS) is 26.9. The molecule has 0 aromatic heterocycles. The van der Waals surface area contributed by atoms with Crippen molar-refractivity contribution in [3.63, 3.8) is 0 Å². The van der Waals surface area contributed by atoms with Crippen molar-refractivity contribution in [1.29, 1.82) is 0 Å². The van der Waals surface area contributed by atoms with E-state index < -0.39 is 0 Å². The van der Waals surface area contributed by atoms with Crippen LogP contribution in [0.15, 0.2) is 54.6 Å². The maximum Gasteiger partial charge on any atom is 0.310 e. The van der Waals surface area contributed by atoms with Gasteiger partial charge in [-0.25, -0.2) is 0 Å². The number of carbonyl (C=O) groups excluding carboxylic acids is 1. The summed E-state index contributed by atoms with van der Waals surface area (Å²) in [4.78, 5) is 14.9. The number of fused-ring (bicyclic) bond motifs is 2. The van der Waals surface area contributed by atoms with Crippen LogP contribution in [0.25, 0.3) is 0 Å². The number of benzene rings is 2. The minimum atomic E-state index is -0.0833. The summed E-state index contributed by atoms with van der Waals surface area (Å²) in [5.41, 5.74) is 3.23. The monoisotopic (exact) mass is 359 g/mol. The van der Waals surface area contributed by atoms with Crippen molar-refractivity contribution in [3.05, 3.63) is 71.3 Å². The van der Waals surface area contributed by atoms with Crippen LogP contribution in [-0.4, -0.2) is 37.1 Å². The second-order valence-corrected chi connectivity index (χ2v) is 7.59. The van der Waals surface area contributed by atoms with E-state index in [0.29, 0.717) is 12.1 Å². The Morgan fingerprint density at radius 3 is 2.33 bits per heavy atom. The molecule has 2 aliphatic rings. The summed E-state index contributed by atoms with van der Waals surface area (Å²) in [6, 6.07) is 19.3. The van der Waals surface area contributed by atoms with Crippen molar-refractivity contribution in [2.24, 2.45) is 5.92 Å². The van der Waals surface area contributed by atoms with E-state index in [4.69, 9.17) is 4.74 Å². The molecule has 2 unspecified atom stereocenters. The molecular formula is C24H25NO2. The van der Waals surface area contributed by atoms with E-state index in [1.807, 2.05) is 30.3 Å². The largest absolute Gasteiger partial charge is 0.469 e. The molecule has 4 rings (SSSR count). The molecule has 0 radical (unpaired) electrons. The fourth-order valence-electron chi connectivity index (χ4n) is 4.75. The van der Waals surface area contributed by atoms with Gasteiger partial charge in [-0.3, -0.25) is 9.69 Å². The Balaban J connectivity index is 1.57. The Hall–Kier alpha value is -2.57. The molecule has 2 saturated heterocycles. The molecule has 2 bridgehead atoms. The average molecular weight is 359 g/mol. The number of methoxy groups -OCH3 is 1. The first-order valence-electron chi connectivity index (χ1n) is 9.64. The molecule has 3 nitrogen and oxygen atoms in total. The molecule has 0 amide bonds. The van der Waals surface area contributed by atoms with Crippen LogP contribution in [-0.2, 0) is 9.53 Å². The number of piperidine rings is 1. The molecule has 4 atom stereocenters. The first-order chi connectivity index (χ1) is 13.2. The molecule has 3 heteroatoms. The Bertz CT molecular complexity index is 863. The lowest BCUT2D eigenvalue weighted by Gasteiger charge is -2.41. The molecule has 27 heavy (non-hydrogen) atoms. The third kappa shape index (κ3) is 3.50. The van der Waals surface area contributed by atoms with Crippen LogP contribution >= 0.6 is 0 Å². The van der Waals surface area contributed by atoms with Crippen LogP contribution in [0.1, 0.15) is 41.9 Å². The number of rotatable bonds is 2. The summed E-state index contributed by atoms with van der Waals surface area (Å²) in [5.74, 6) is 6.48. The molecule has 0 N–H and O–H groups in total. The lowest BCUT2D eigenvalue weighted by atomic mass is 9.76. The molecular weight excluding hydrogens is 334 g/mol. The number of hydrogen-bond acceptors (Lipinski definition) is 3. The van der Waals surface area contributed by atoms with Crippen molar-refractivity contribution in [3.8, 4) is 11.8 Å². The first-order valence-corrected chi connectivity index (χ1v) is 9.64. The third-order valence-electron chi connectivity index (χ3n) is 6.21. The van der Waals surface area contributed by atoms with Gasteiger partial charge in [0.1, 0.15) is 0 Å². The molecule has 2 heterocycles. The van der Waals surface area contributed by atoms with Gasteiger partial charge in [-0.2, -0.15) is 0 Å². The zero-order chi connectivity index (χ0) is 18.8. The van der Waals surface area contributed by atoms with E-state index in [0.717, 1.165) is 24.0 Å². The second kappa shape index (κ2) is 7.58. The van der Waals surface area contributed by atoms with Crippen molar-refractivity contribution >= 4 is 5.97 Å². The van der Waals surface area contributed by atoms with Gasteiger partial charge in [0.05, 0.1) is 13.0 Å². The Labute approximate surface area is 161 Å². The molecule has 2 aromatic carbocycles. The molecule has 0 spiro atoms. The highest BCUT2D eigenvalue weighted by Crippen LogP contribution is 2.46. The SMILES string of the molecule is COC(=O)C1[C@@H](c2ccc(C#Cc3ccccc3)cc2)CC2CC[C@H]1N2C.